The number of carbonyl (C=O) groups is 1. The van der Waals surface area contributed by atoms with Gasteiger partial charge in [0.1, 0.15) is 0 Å². The quantitative estimate of drug-likeness (QED) is 0.868. The molecule has 2 aromatic rings. The Hall–Kier alpha value is -1.93. The first-order chi connectivity index (χ1) is 9.93. The van der Waals surface area contributed by atoms with Crippen molar-refractivity contribution in [2.75, 3.05) is 6.54 Å². The van der Waals surface area contributed by atoms with Crippen LogP contribution in [0.3, 0.4) is 0 Å². The van der Waals surface area contributed by atoms with Crippen LogP contribution in [0.5, 0.6) is 0 Å². The first-order valence-electron chi connectivity index (χ1n) is 7.36. The molecule has 2 aromatic carbocycles. The number of hydrogen-bond donors (Lipinski definition) is 1. The van der Waals surface area contributed by atoms with Crippen LogP contribution in [0.2, 0.25) is 0 Å². The van der Waals surface area contributed by atoms with E-state index < -0.39 is 0 Å². The van der Waals surface area contributed by atoms with E-state index in [4.69, 9.17) is 5.73 Å². The summed E-state index contributed by atoms with van der Waals surface area (Å²) < 4.78 is 0. The monoisotopic (exact) mass is 281 g/mol. The maximum absolute atomic E-state index is 12.7. The van der Waals surface area contributed by atoms with E-state index in [1.54, 1.807) is 0 Å². The van der Waals surface area contributed by atoms with Crippen molar-refractivity contribution in [3.05, 3.63) is 70.8 Å². The van der Waals surface area contributed by atoms with Crippen LogP contribution in [0.15, 0.2) is 48.5 Å². The molecule has 0 aliphatic heterocycles. The van der Waals surface area contributed by atoms with Crippen LogP contribution >= 0.6 is 0 Å². The number of nitrogens with two attached hydrogens (primary N) is 1. The summed E-state index contributed by atoms with van der Waals surface area (Å²) in [5, 5.41) is 0. The Morgan fingerprint density at radius 1 is 1.00 bits per heavy atom. The van der Waals surface area contributed by atoms with Crippen LogP contribution in [-0.2, 0) is 11.8 Å². The number of hydrogen-bond acceptors (Lipinski definition) is 2. The molecule has 0 saturated heterocycles. The molecule has 0 heterocycles. The fraction of sp³-hybridized carbons (Fsp3) is 0.316. The van der Waals surface area contributed by atoms with Crippen molar-refractivity contribution in [1.82, 2.24) is 0 Å². The molecular weight excluding hydrogens is 258 g/mol. The van der Waals surface area contributed by atoms with Gasteiger partial charge < -0.3 is 5.73 Å². The van der Waals surface area contributed by atoms with Crippen molar-refractivity contribution in [3.63, 3.8) is 0 Å². The summed E-state index contributed by atoms with van der Waals surface area (Å²) in [5.41, 5.74) is 9.46. The van der Waals surface area contributed by atoms with Crippen molar-refractivity contribution in [2.45, 2.75) is 32.6 Å². The van der Waals surface area contributed by atoms with E-state index in [-0.39, 0.29) is 11.2 Å². The Bertz CT molecular complexity index is 621. The largest absolute Gasteiger partial charge is 0.330 e. The van der Waals surface area contributed by atoms with E-state index in [1.807, 2.05) is 48.5 Å². The van der Waals surface area contributed by atoms with Gasteiger partial charge in [-0.05, 0) is 29.5 Å². The average Bonchev–Trinajstić information content (AvgIpc) is 2.47. The Morgan fingerprint density at radius 2 is 1.62 bits per heavy atom. The zero-order valence-corrected chi connectivity index (χ0v) is 13.0. The highest BCUT2D eigenvalue weighted by Gasteiger charge is 2.16. The lowest BCUT2D eigenvalue weighted by Gasteiger charge is -2.19. The first kappa shape index (κ1) is 15.5. The molecule has 0 unspecified atom stereocenters. The lowest BCUT2D eigenvalue weighted by atomic mass is 9.86. The molecule has 0 amide bonds. The lowest BCUT2D eigenvalue weighted by Crippen LogP contribution is -2.12. The number of carbonyl (C=O) groups excluding carboxylic acids is 1. The van der Waals surface area contributed by atoms with Gasteiger partial charge in [0.05, 0.1) is 0 Å². The highest BCUT2D eigenvalue weighted by molar-refractivity contribution is 6.09. The Balaban J connectivity index is 2.32. The maximum Gasteiger partial charge on any atom is 0.193 e. The Morgan fingerprint density at radius 3 is 2.19 bits per heavy atom. The molecular formula is C19H23NO. The maximum atomic E-state index is 12.7. The first-order valence-corrected chi connectivity index (χ1v) is 7.36. The van der Waals surface area contributed by atoms with Crippen LogP contribution < -0.4 is 5.73 Å². The second kappa shape index (κ2) is 6.23. The van der Waals surface area contributed by atoms with Gasteiger partial charge in [-0.25, -0.2) is 0 Å². The van der Waals surface area contributed by atoms with E-state index in [0.29, 0.717) is 6.54 Å². The molecule has 21 heavy (non-hydrogen) atoms. The van der Waals surface area contributed by atoms with Crippen molar-refractivity contribution < 1.29 is 4.79 Å². The predicted octanol–water partition coefficient (Wildman–Crippen LogP) is 3.72. The second-order valence-electron chi connectivity index (χ2n) is 6.35. The van der Waals surface area contributed by atoms with E-state index in [1.165, 1.54) is 5.56 Å². The molecule has 0 saturated carbocycles. The third-order valence-electron chi connectivity index (χ3n) is 3.69. The molecule has 0 aliphatic rings. The molecule has 0 bridgehead atoms. The fourth-order valence-corrected chi connectivity index (χ4v) is 2.39. The van der Waals surface area contributed by atoms with E-state index in [0.717, 1.165) is 23.1 Å². The van der Waals surface area contributed by atoms with Gasteiger partial charge >= 0.3 is 0 Å². The van der Waals surface area contributed by atoms with Crippen LogP contribution in [-0.4, -0.2) is 12.3 Å². The third-order valence-corrected chi connectivity index (χ3v) is 3.69. The molecule has 110 valence electrons. The molecule has 2 rings (SSSR count). The van der Waals surface area contributed by atoms with Gasteiger partial charge in [-0.15, -0.1) is 0 Å². The molecule has 0 fully saturated rings. The minimum absolute atomic E-state index is 0.0690. The molecule has 2 heteroatoms. The SMILES string of the molecule is CC(C)(C)c1ccc(C(=O)c2ccccc2CCN)cc1. The molecule has 0 radical (unpaired) electrons. The summed E-state index contributed by atoms with van der Waals surface area (Å²) >= 11 is 0. The summed E-state index contributed by atoms with van der Waals surface area (Å²) in [4.78, 5) is 12.7. The molecule has 0 spiro atoms. The highest BCUT2D eigenvalue weighted by atomic mass is 16.1. The zero-order chi connectivity index (χ0) is 15.5. The number of rotatable bonds is 4. The fourth-order valence-electron chi connectivity index (χ4n) is 2.39. The van der Waals surface area contributed by atoms with Gasteiger partial charge in [-0.3, -0.25) is 4.79 Å². The number of benzene rings is 2. The standard InChI is InChI=1S/C19H23NO/c1-19(2,3)16-10-8-15(9-11-16)18(21)17-7-5-4-6-14(17)12-13-20/h4-11H,12-13,20H2,1-3H3. The topological polar surface area (TPSA) is 43.1 Å². The zero-order valence-electron chi connectivity index (χ0n) is 13.0. The van der Waals surface area contributed by atoms with Gasteiger partial charge in [-0.1, -0.05) is 69.3 Å². The van der Waals surface area contributed by atoms with Crippen molar-refractivity contribution in [2.24, 2.45) is 5.73 Å². The van der Waals surface area contributed by atoms with Crippen LogP contribution in [0.1, 0.15) is 47.8 Å². The van der Waals surface area contributed by atoms with E-state index in [2.05, 4.69) is 20.8 Å². The Kier molecular flexibility index (Phi) is 4.59. The van der Waals surface area contributed by atoms with Crippen LogP contribution in [0.4, 0.5) is 0 Å². The lowest BCUT2D eigenvalue weighted by molar-refractivity contribution is 0.103. The van der Waals surface area contributed by atoms with Gasteiger partial charge in [0.15, 0.2) is 5.78 Å². The summed E-state index contributed by atoms with van der Waals surface area (Å²) in [5.74, 6) is 0.0690. The van der Waals surface area contributed by atoms with Gasteiger partial charge in [0.2, 0.25) is 0 Å². The third kappa shape index (κ3) is 3.59. The summed E-state index contributed by atoms with van der Waals surface area (Å²) in [7, 11) is 0. The van der Waals surface area contributed by atoms with Gasteiger partial charge in [0.25, 0.3) is 0 Å². The predicted molar refractivity (Wildman–Crippen MR) is 87.8 cm³/mol. The van der Waals surface area contributed by atoms with Gasteiger partial charge in [0, 0.05) is 11.1 Å². The van der Waals surface area contributed by atoms with E-state index in [9.17, 15) is 4.79 Å². The Labute approximate surface area is 127 Å². The molecule has 2 nitrogen and oxygen atoms in total. The van der Waals surface area contributed by atoms with Crippen LogP contribution in [0.25, 0.3) is 0 Å². The van der Waals surface area contributed by atoms with Gasteiger partial charge in [-0.2, -0.15) is 0 Å². The minimum atomic E-state index is 0.0690. The van der Waals surface area contributed by atoms with Crippen molar-refractivity contribution in [3.8, 4) is 0 Å². The summed E-state index contributed by atoms with van der Waals surface area (Å²) in [6, 6.07) is 15.6. The second-order valence-corrected chi connectivity index (χ2v) is 6.35. The van der Waals surface area contributed by atoms with Crippen molar-refractivity contribution >= 4 is 5.78 Å². The molecule has 0 atom stereocenters. The van der Waals surface area contributed by atoms with Crippen molar-refractivity contribution in [1.29, 1.82) is 0 Å². The molecule has 0 aliphatic carbocycles. The molecule has 0 aromatic heterocycles. The smallest absolute Gasteiger partial charge is 0.193 e. The summed E-state index contributed by atoms with van der Waals surface area (Å²) in [6.45, 7) is 7.05. The minimum Gasteiger partial charge on any atom is -0.330 e. The van der Waals surface area contributed by atoms with E-state index >= 15 is 0 Å². The average molecular weight is 281 g/mol. The van der Waals surface area contributed by atoms with Crippen LogP contribution in [0, 0.1) is 0 Å². The number of ketones is 1. The highest BCUT2D eigenvalue weighted by Crippen LogP contribution is 2.23. The summed E-state index contributed by atoms with van der Waals surface area (Å²) in [6.07, 6.45) is 0.724. The molecule has 2 N–H and O–H groups in total. The normalized spacial score (nSPS) is 11.4.